The number of hydrogen-bond donors (Lipinski definition) is 3. The summed E-state index contributed by atoms with van der Waals surface area (Å²) in [6, 6.07) is 4.06. The summed E-state index contributed by atoms with van der Waals surface area (Å²) in [5.41, 5.74) is 2.14. The first kappa shape index (κ1) is 22.1. The highest BCUT2D eigenvalue weighted by Gasteiger charge is 2.28. The van der Waals surface area contributed by atoms with Crippen molar-refractivity contribution in [3.63, 3.8) is 0 Å². The molecule has 156 valence electrons. The number of anilines is 2. The van der Waals surface area contributed by atoms with Crippen LogP contribution in [-0.2, 0) is 11.8 Å². The lowest BCUT2D eigenvalue weighted by Gasteiger charge is -2.10. The molecule has 1 heterocycles. The van der Waals surface area contributed by atoms with Crippen molar-refractivity contribution >= 4 is 29.0 Å². The van der Waals surface area contributed by atoms with Gasteiger partial charge in [-0.15, -0.1) is 0 Å². The number of halogens is 1. The number of nitrogens with zero attached hydrogens (tertiary/aromatic N) is 1. The molecule has 1 aromatic carbocycles. The molecule has 7 nitrogen and oxygen atoms in total. The van der Waals surface area contributed by atoms with Crippen molar-refractivity contribution in [3.05, 3.63) is 46.5 Å². The Morgan fingerprint density at radius 1 is 1.17 bits per heavy atom. The van der Waals surface area contributed by atoms with Crippen LogP contribution in [0.2, 0.25) is 0 Å². The summed E-state index contributed by atoms with van der Waals surface area (Å²) in [7, 11) is 1.64. The fraction of sp³-hybridized carbons (Fsp3) is 0.381. The molecule has 0 aliphatic rings. The number of hydrogen-bond acceptors (Lipinski definition) is 4. The number of ketones is 1. The number of carbonyl (C=O) groups excluding carboxylic acids is 3. The van der Waals surface area contributed by atoms with E-state index in [0.717, 1.165) is 0 Å². The lowest BCUT2D eigenvalue weighted by molar-refractivity contribution is -0.117. The third-order valence-corrected chi connectivity index (χ3v) is 4.59. The average Bonchev–Trinajstić information content (AvgIpc) is 2.86. The summed E-state index contributed by atoms with van der Waals surface area (Å²) >= 11 is 0. The van der Waals surface area contributed by atoms with Gasteiger partial charge in [0.15, 0.2) is 0 Å². The summed E-state index contributed by atoms with van der Waals surface area (Å²) < 4.78 is 15.3. The van der Waals surface area contributed by atoms with Crippen LogP contribution in [0.3, 0.4) is 0 Å². The molecule has 0 saturated heterocycles. The van der Waals surface area contributed by atoms with Crippen molar-refractivity contribution in [1.82, 2.24) is 9.88 Å². The number of Topliss-reactive ketones (excluding diaryl/α,β-unsaturated/α-hetero) is 1. The van der Waals surface area contributed by atoms with E-state index in [1.165, 1.54) is 18.2 Å². The Bertz CT molecular complexity index is 963. The van der Waals surface area contributed by atoms with Crippen molar-refractivity contribution in [2.75, 3.05) is 17.2 Å². The van der Waals surface area contributed by atoms with Crippen LogP contribution in [0, 0.1) is 19.7 Å². The van der Waals surface area contributed by atoms with E-state index in [4.69, 9.17) is 0 Å². The van der Waals surface area contributed by atoms with Crippen LogP contribution >= 0.6 is 0 Å². The van der Waals surface area contributed by atoms with Crippen molar-refractivity contribution in [2.45, 2.75) is 40.7 Å². The van der Waals surface area contributed by atoms with Crippen molar-refractivity contribution < 1.29 is 18.8 Å². The Balaban J connectivity index is 2.36. The minimum atomic E-state index is -0.718. The van der Waals surface area contributed by atoms with Crippen LogP contribution in [0.15, 0.2) is 18.2 Å². The molecule has 29 heavy (non-hydrogen) atoms. The molecule has 0 saturated carbocycles. The van der Waals surface area contributed by atoms with Crippen LogP contribution in [0.1, 0.15) is 52.9 Å². The number of benzene rings is 1. The number of aromatic nitrogens is 1. The van der Waals surface area contributed by atoms with E-state index in [1.807, 2.05) is 6.92 Å². The van der Waals surface area contributed by atoms with Crippen LogP contribution < -0.4 is 16.0 Å². The minimum absolute atomic E-state index is 0.165. The lowest BCUT2D eigenvalue weighted by Crippen LogP contribution is -2.37. The second-order valence-corrected chi connectivity index (χ2v) is 7.13. The molecule has 1 aromatic heterocycles. The number of rotatable bonds is 7. The van der Waals surface area contributed by atoms with Crippen LogP contribution in [0.4, 0.5) is 15.8 Å². The molecule has 0 bridgehead atoms. The van der Waals surface area contributed by atoms with Gasteiger partial charge in [0.1, 0.15) is 5.82 Å². The fourth-order valence-corrected chi connectivity index (χ4v) is 3.19. The number of amides is 2. The van der Waals surface area contributed by atoms with Gasteiger partial charge in [0.05, 0.1) is 16.9 Å². The van der Waals surface area contributed by atoms with Crippen LogP contribution in [0.25, 0.3) is 0 Å². The fourth-order valence-electron chi connectivity index (χ4n) is 3.19. The third-order valence-electron chi connectivity index (χ3n) is 4.59. The Labute approximate surface area is 169 Å². The Morgan fingerprint density at radius 3 is 2.41 bits per heavy atom. The molecule has 0 radical (unpaired) electrons. The summed E-state index contributed by atoms with van der Waals surface area (Å²) in [6.07, 6.45) is 0. The predicted octanol–water partition coefficient (Wildman–Crippen LogP) is 3.17. The van der Waals surface area contributed by atoms with E-state index < -0.39 is 23.4 Å². The molecule has 2 aromatic rings. The average molecular weight is 402 g/mol. The van der Waals surface area contributed by atoms with Gasteiger partial charge in [-0.05, 0) is 58.4 Å². The lowest BCUT2D eigenvalue weighted by atomic mass is 10.1. The third kappa shape index (κ3) is 4.64. The van der Waals surface area contributed by atoms with Gasteiger partial charge < -0.3 is 20.5 Å². The molecule has 8 heteroatoms. The first-order chi connectivity index (χ1) is 13.6. The molecule has 2 amide bonds. The zero-order valence-corrected chi connectivity index (χ0v) is 17.6. The first-order valence-corrected chi connectivity index (χ1v) is 9.44. The maximum Gasteiger partial charge on any atom is 0.294 e. The van der Waals surface area contributed by atoms with E-state index in [9.17, 15) is 18.8 Å². The van der Waals surface area contributed by atoms with Gasteiger partial charge in [-0.1, -0.05) is 0 Å². The highest BCUT2D eigenvalue weighted by Crippen LogP contribution is 2.25. The molecule has 2 rings (SSSR count). The summed E-state index contributed by atoms with van der Waals surface area (Å²) in [4.78, 5) is 37.7. The van der Waals surface area contributed by atoms with E-state index in [2.05, 4.69) is 16.0 Å². The van der Waals surface area contributed by atoms with Gasteiger partial charge in [-0.2, -0.15) is 0 Å². The number of carbonyl (C=O) groups is 3. The van der Waals surface area contributed by atoms with Gasteiger partial charge >= 0.3 is 0 Å². The maximum atomic E-state index is 13.8. The zero-order chi connectivity index (χ0) is 21.9. The molecule has 0 fully saturated rings. The standard InChI is InChI=1S/C21H27FN4O3/c1-7-23-16-10-14(8-9-15(16)22)25-20(28)17-12(4)18(26(6)13(17)5)19(27)21(29)24-11(2)3/h8-11,23H,7H2,1-6H3,(H,24,29)(H,25,28). The van der Waals surface area contributed by atoms with Gasteiger partial charge in [-0.25, -0.2) is 4.39 Å². The van der Waals surface area contributed by atoms with Crippen LogP contribution in [0.5, 0.6) is 0 Å². The smallest absolute Gasteiger partial charge is 0.294 e. The Hall–Kier alpha value is -3.16. The van der Waals surface area contributed by atoms with Crippen molar-refractivity contribution in [3.8, 4) is 0 Å². The van der Waals surface area contributed by atoms with Crippen molar-refractivity contribution in [2.24, 2.45) is 7.05 Å². The van der Waals surface area contributed by atoms with Crippen molar-refractivity contribution in [1.29, 1.82) is 0 Å². The largest absolute Gasteiger partial charge is 0.383 e. The van der Waals surface area contributed by atoms with Crippen LogP contribution in [-0.4, -0.2) is 34.8 Å². The second kappa shape index (κ2) is 8.89. The zero-order valence-electron chi connectivity index (χ0n) is 17.6. The molecular weight excluding hydrogens is 375 g/mol. The summed E-state index contributed by atoms with van der Waals surface area (Å²) in [6.45, 7) is 9.24. The maximum absolute atomic E-state index is 13.8. The van der Waals surface area contributed by atoms with Gasteiger partial charge in [0.25, 0.3) is 17.6 Å². The quantitative estimate of drug-likeness (QED) is 0.490. The number of nitrogens with one attached hydrogen (secondary N) is 3. The molecule has 0 aliphatic carbocycles. The monoisotopic (exact) mass is 402 g/mol. The normalized spacial score (nSPS) is 10.8. The second-order valence-electron chi connectivity index (χ2n) is 7.13. The topological polar surface area (TPSA) is 92.2 Å². The highest BCUT2D eigenvalue weighted by atomic mass is 19.1. The van der Waals surface area contributed by atoms with E-state index >= 15 is 0 Å². The first-order valence-electron chi connectivity index (χ1n) is 9.44. The summed E-state index contributed by atoms with van der Waals surface area (Å²) in [5.74, 6) is -2.27. The van der Waals surface area contributed by atoms with Gasteiger partial charge in [-0.3, -0.25) is 14.4 Å². The molecule has 3 N–H and O–H groups in total. The summed E-state index contributed by atoms with van der Waals surface area (Å²) in [5, 5.41) is 8.20. The molecule has 0 aliphatic heterocycles. The molecule has 0 unspecified atom stereocenters. The Morgan fingerprint density at radius 2 is 1.83 bits per heavy atom. The van der Waals surface area contributed by atoms with Gasteiger partial charge in [0.2, 0.25) is 0 Å². The molecular formula is C21H27FN4O3. The van der Waals surface area contributed by atoms with E-state index in [1.54, 1.807) is 39.3 Å². The van der Waals surface area contributed by atoms with E-state index in [-0.39, 0.29) is 17.4 Å². The SMILES string of the molecule is CCNc1cc(NC(=O)c2c(C)c(C(=O)C(=O)NC(C)C)n(C)c2C)ccc1F. The predicted molar refractivity (Wildman–Crippen MR) is 111 cm³/mol. The van der Waals surface area contributed by atoms with Gasteiger partial charge in [0, 0.05) is 31.0 Å². The Kier molecular flexibility index (Phi) is 6.79. The molecule has 0 atom stereocenters. The van der Waals surface area contributed by atoms with E-state index in [0.29, 0.717) is 29.1 Å². The molecule has 0 spiro atoms. The minimum Gasteiger partial charge on any atom is -0.383 e. The highest BCUT2D eigenvalue weighted by molar-refractivity contribution is 6.43.